The van der Waals surface area contributed by atoms with Gasteiger partial charge < -0.3 is 10.2 Å². The Balaban J connectivity index is 1.53. The third-order valence-corrected chi connectivity index (χ3v) is 8.84. The SMILES string of the molecule is Cc1ccc2c(c1C)N(CCCNCc1ccccc1)c1c(Br)csc1S2=O. The number of hydrogen-bond acceptors (Lipinski definition) is 4. The first-order chi connectivity index (χ1) is 13.6. The summed E-state index contributed by atoms with van der Waals surface area (Å²) >= 11 is 5.26. The van der Waals surface area contributed by atoms with Gasteiger partial charge in [-0.1, -0.05) is 36.4 Å². The van der Waals surface area contributed by atoms with Gasteiger partial charge in [-0.3, -0.25) is 0 Å². The summed E-state index contributed by atoms with van der Waals surface area (Å²) in [5.41, 5.74) is 5.95. The molecule has 1 atom stereocenters. The molecule has 0 saturated heterocycles. The number of aryl methyl sites for hydroxylation is 1. The van der Waals surface area contributed by atoms with Crippen LogP contribution in [-0.2, 0) is 17.3 Å². The molecular formula is C22H23BrN2OS2. The highest BCUT2D eigenvalue weighted by Gasteiger charge is 2.32. The Bertz CT molecular complexity index is 1020. The van der Waals surface area contributed by atoms with E-state index in [1.54, 1.807) is 11.3 Å². The molecule has 146 valence electrons. The van der Waals surface area contributed by atoms with E-state index in [1.165, 1.54) is 16.7 Å². The number of thiophene rings is 1. The Morgan fingerprint density at radius 1 is 1.11 bits per heavy atom. The summed E-state index contributed by atoms with van der Waals surface area (Å²) in [5, 5.41) is 5.59. The maximum absolute atomic E-state index is 13.1. The number of fused-ring (bicyclic) bond motifs is 2. The largest absolute Gasteiger partial charge is 0.338 e. The third kappa shape index (κ3) is 3.71. The van der Waals surface area contributed by atoms with Crippen LogP contribution in [-0.4, -0.2) is 17.3 Å². The van der Waals surface area contributed by atoms with Crippen LogP contribution in [0.4, 0.5) is 11.4 Å². The second-order valence-electron chi connectivity index (χ2n) is 7.01. The fraction of sp³-hybridized carbons (Fsp3) is 0.273. The van der Waals surface area contributed by atoms with Crippen molar-refractivity contribution >= 4 is 49.4 Å². The number of halogens is 1. The van der Waals surface area contributed by atoms with Crippen molar-refractivity contribution in [2.75, 3.05) is 18.0 Å². The lowest BCUT2D eigenvalue weighted by molar-refractivity contribution is 0.647. The van der Waals surface area contributed by atoms with Crippen LogP contribution in [0.3, 0.4) is 0 Å². The molecule has 3 nitrogen and oxygen atoms in total. The number of benzene rings is 2. The van der Waals surface area contributed by atoms with Gasteiger partial charge in [0.2, 0.25) is 0 Å². The van der Waals surface area contributed by atoms with Gasteiger partial charge in [0.25, 0.3) is 0 Å². The summed E-state index contributed by atoms with van der Waals surface area (Å²) in [6.07, 6.45) is 1.01. The van der Waals surface area contributed by atoms with Gasteiger partial charge in [0, 0.05) is 18.5 Å². The lowest BCUT2D eigenvalue weighted by atomic mass is 10.1. The van der Waals surface area contributed by atoms with Crippen LogP contribution in [0.1, 0.15) is 23.1 Å². The van der Waals surface area contributed by atoms with E-state index in [4.69, 9.17) is 0 Å². The molecule has 0 amide bonds. The van der Waals surface area contributed by atoms with E-state index in [1.807, 2.05) is 12.1 Å². The molecule has 1 aliphatic heterocycles. The standard InChI is InChI=1S/C22H23BrN2OS2/c1-15-9-10-19-20(16(15)2)25(21-18(23)14-27-22(21)28(19)26)12-6-11-24-13-17-7-4-3-5-8-17/h3-5,7-10,14,24H,6,11-13H2,1-2H3. The molecule has 1 aromatic heterocycles. The van der Waals surface area contributed by atoms with Gasteiger partial charge in [-0.05, 0) is 65.5 Å². The van der Waals surface area contributed by atoms with Crippen molar-refractivity contribution in [1.82, 2.24) is 5.32 Å². The van der Waals surface area contributed by atoms with E-state index in [0.717, 1.165) is 51.0 Å². The highest BCUT2D eigenvalue weighted by atomic mass is 79.9. The van der Waals surface area contributed by atoms with E-state index in [9.17, 15) is 4.21 Å². The molecule has 2 aromatic carbocycles. The fourth-order valence-electron chi connectivity index (χ4n) is 3.57. The number of hydrogen-bond donors (Lipinski definition) is 1. The highest BCUT2D eigenvalue weighted by molar-refractivity contribution is 9.10. The maximum atomic E-state index is 13.1. The van der Waals surface area contributed by atoms with Gasteiger partial charge >= 0.3 is 0 Å². The maximum Gasteiger partial charge on any atom is 0.121 e. The number of rotatable bonds is 6. The molecule has 0 saturated carbocycles. The first kappa shape index (κ1) is 19.8. The number of nitrogens with zero attached hydrogens (tertiary/aromatic N) is 1. The van der Waals surface area contributed by atoms with Crippen molar-refractivity contribution < 1.29 is 4.21 Å². The molecule has 6 heteroatoms. The van der Waals surface area contributed by atoms with Gasteiger partial charge in [0.1, 0.15) is 4.21 Å². The highest BCUT2D eigenvalue weighted by Crippen LogP contribution is 2.50. The molecule has 0 radical (unpaired) electrons. The summed E-state index contributed by atoms with van der Waals surface area (Å²) < 4.78 is 15.1. The van der Waals surface area contributed by atoms with E-state index >= 15 is 0 Å². The molecule has 0 fully saturated rings. The molecule has 0 bridgehead atoms. The molecule has 2 heterocycles. The van der Waals surface area contributed by atoms with Crippen LogP contribution < -0.4 is 10.2 Å². The van der Waals surface area contributed by atoms with Gasteiger partial charge in [-0.15, -0.1) is 11.3 Å². The monoisotopic (exact) mass is 474 g/mol. The van der Waals surface area contributed by atoms with E-state index in [0.29, 0.717) is 0 Å². The number of anilines is 2. The summed E-state index contributed by atoms with van der Waals surface area (Å²) in [5.74, 6) is 0. The fourth-order valence-corrected chi connectivity index (χ4v) is 7.17. The normalized spacial score (nSPS) is 15.4. The average Bonchev–Trinajstić information content (AvgIpc) is 3.09. The predicted molar refractivity (Wildman–Crippen MR) is 122 cm³/mol. The van der Waals surface area contributed by atoms with Crippen LogP contribution in [0, 0.1) is 13.8 Å². The second-order valence-corrected chi connectivity index (χ2v) is 10.4. The zero-order valence-corrected chi connectivity index (χ0v) is 19.2. The Kier molecular flexibility index (Phi) is 6.01. The molecule has 0 spiro atoms. The van der Waals surface area contributed by atoms with Gasteiger partial charge in [0.15, 0.2) is 0 Å². The van der Waals surface area contributed by atoms with E-state index in [-0.39, 0.29) is 0 Å². The molecular weight excluding hydrogens is 452 g/mol. The Morgan fingerprint density at radius 3 is 2.68 bits per heavy atom. The van der Waals surface area contributed by atoms with E-state index < -0.39 is 10.8 Å². The Morgan fingerprint density at radius 2 is 1.89 bits per heavy atom. The first-order valence-corrected chi connectivity index (χ1v) is 12.2. The van der Waals surface area contributed by atoms with Crippen molar-refractivity contribution in [3.63, 3.8) is 0 Å². The Hall–Kier alpha value is -1.47. The van der Waals surface area contributed by atoms with Crippen LogP contribution in [0.25, 0.3) is 0 Å². The second kappa shape index (κ2) is 8.49. The van der Waals surface area contributed by atoms with Crippen LogP contribution in [0.5, 0.6) is 0 Å². The van der Waals surface area contributed by atoms with Crippen molar-refractivity contribution in [2.24, 2.45) is 0 Å². The quantitative estimate of drug-likeness (QED) is 0.449. The summed E-state index contributed by atoms with van der Waals surface area (Å²) in [6.45, 7) is 6.96. The van der Waals surface area contributed by atoms with Gasteiger partial charge in [0.05, 0.1) is 31.5 Å². The molecule has 3 aromatic rings. The molecule has 1 aliphatic rings. The minimum absolute atomic E-state index is 0.882. The lowest BCUT2D eigenvalue weighted by Gasteiger charge is -2.33. The van der Waals surface area contributed by atoms with Crippen molar-refractivity contribution in [1.29, 1.82) is 0 Å². The average molecular weight is 475 g/mol. The molecule has 28 heavy (non-hydrogen) atoms. The van der Waals surface area contributed by atoms with Crippen LogP contribution in [0.15, 0.2) is 61.4 Å². The third-order valence-electron chi connectivity index (χ3n) is 5.17. The smallest absolute Gasteiger partial charge is 0.121 e. The summed E-state index contributed by atoms with van der Waals surface area (Å²) in [6, 6.07) is 14.6. The van der Waals surface area contributed by atoms with Crippen LogP contribution in [0.2, 0.25) is 0 Å². The minimum atomic E-state index is -1.11. The zero-order chi connectivity index (χ0) is 19.7. The van der Waals surface area contributed by atoms with E-state index in [2.05, 4.69) is 75.7 Å². The van der Waals surface area contributed by atoms with Gasteiger partial charge in [-0.25, -0.2) is 4.21 Å². The van der Waals surface area contributed by atoms with Crippen molar-refractivity contribution in [3.05, 3.63) is 69.0 Å². The minimum Gasteiger partial charge on any atom is -0.338 e. The lowest BCUT2D eigenvalue weighted by Crippen LogP contribution is -2.28. The van der Waals surface area contributed by atoms with Crippen molar-refractivity contribution in [3.8, 4) is 0 Å². The molecule has 1 unspecified atom stereocenters. The topological polar surface area (TPSA) is 32.3 Å². The predicted octanol–water partition coefficient (Wildman–Crippen LogP) is 5.93. The van der Waals surface area contributed by atoms with Crippen molar-refractivity contribution in [2.45, 2.75) is 35.9 Å². The zero-order valence-electron chi connectivity index (χ0n) is 16.0. The Labute approximate surface area is 181 Å². The van der Waals surface area contributed by atoms with Gasteiger partial charge in [-0.2, -0.15) is 0 Å². The van der Waals surface area contributed by atoms with Crippen LogP contribution >= 0.6 is 27.3 Å². The summed E-state index contributed by atoms with van der Waals surface area (Å²) in [4.78, 5) is 3.29. The number of nitrogens with one attached hydrogen (secondary N) is 1. The molecule has 1 N–H and O–H groups in total. The first-order valence-electron chi connectivity index (χ1n) is 9.39. The summed E-state index contributed by atoms with van der Waals surface area (Å²) in [7, 11) is -1.11. The molecule has 4 rings (SSSR count). The molecule has 0 aliphatic carbocycles.